The van der Waals surface area contributed by atoms with E-state index in [1.54, 1.807) is 31.4 Å². The molecule has 2 aromatic rings. The number of benzene rings is 2. The fraction of sp³-hybridized carbons (Fsp3) is 0.133. The number of carbonyl (C=O) groups is 1. The van der Waals surface area contributed by atoms with Gasteiger partial charge in [0.2, 0.25) is 0 Å². The SMILES string of the molecule is COc1cccc(-c2cc(F)cc(CC(=O)O)c2)c1. The molecule has 19 heavy (non-hydrogen) atoms. The normalized spacial score (nSPS) is 10.2. The largest absolute Gasteiger partial charge is 0.497 e. The van der Waals surface area contributed by atoms with Gasteiger partial charge < -0.3 is 9.84 Å². The fourth-order valence-corrected chi connectivity index (χ4v) is 1.90. The highest BCUT2D eigenvalue weighted by molar-refractivity contribution is 5.72. The van der Waals surface area contributed by atoms with Gasteiger partial charge in [0.05, 0.1) is 13.5 Å². The first-order valence-corrected chi connectivity index (χ1v) is 5.74. The molecule has 0 bridgehead atoms. The number of carboxylic acids is 1. The second kappa shape index (κ2) is 5.52. The van der Waals surface area contributed by atoms with E-state index >= 15 is 0 Å². The first-order chi connectivity index (χ1) is 9.08. The van der Waals surface area contributed by atoms with Gasteiger partial charge in [0, 0.05) is 0 Å². The molecule has 0 aliphatic rings. The molecule has 2 rings (SSSR count). The third-order valence-corrected chi connectivity index (χ3v) is 2.72. The number of methoxy groups -OCH3 is 1. The van der Waals surface area contributed by atoms with E-state index in [2.05, 4.69) is 0 Å². The lowest BCUT2D eigenvalue weighted by Crippen LogP contribution is -2.00. The predicted molar refractivity (Wildman–Crippen MR) is 69.7 cm³/mol. The summed E-state index contributed by atoms with van der Waals surface area (Å²) in [6.45, 7) is 0. The van der Waals surface area contributed by atoms with Crippen molar-refractivity contribution in [3.63, 3.8) is 0 Å². The summed E-state index contributed by atoms with van der Waals surface area (Å²) in [5.74, 6) is -0.764. The van der Waals surface area contributed by atoms with Gasteiger partial charge in [0.25, 0.3) is 0 Å². The molecule has 0 radical (unpaired) electrons. The van der Waals surface area contributed by atoms with Gasteiger partial charge in [-0.3, -0.25) is 4.79 Å². The molecule has 4 heteroatoms. The molecule has 0 fully saturated rings. The summed E-state index contributed by atoms with van der Waals surface area (Å²) >= 11 is 0. The highest BCUT2D eigenvalue weighted by Crippen LogP contribution is 2.25. The average molecular weight is 260 g/mol. The second-order valence-corrected chi connectivity index (χ2v) is 4.15. The molecule has 0 amide bonds. The van der Waals surface area contributed by atoms with Gasteiger partial charge in [-0.2, -0.15) is 0 Å². The Bertz CT molecular complexity index is 608. The molecule has 2 aromatic carbocycles. The van der Waals surface area contributed by atoms with E-state index in [9.17, 15) is 9.18 Å². The van der Waals surface area contributed by atoms with Crippen LogP contribution in [0, 0.1) is 5.82 Å². The summed E-state index contributed by atoms with van der Waals surface area (Å²) in [5.41, 5.74) is 1.85. The molecule has 3 nitrogen and oxygen atoms in total. The predicted octanol–water partition coefficient (Wildman–Crippen LogP) is 3.13. The molecule has 0 saturated heterocycles. The maximum absolute atomic E-state index is 13.5. The van der Waals surface area contributed by atoms with E-state index in [-0.39, 0.29) is 6.42 Å². The summed E-state index contributed by atoms with van der Waals surface area (Å²) in [6.07, 6.45) is -0.200. The minimum Gasteiger partial charge on any atom is -0.497 e. The lowest BCUT2D eigenvalue weighted by molar-refractivity contribution is -0.136. The van der Waals surface area contributed by atoms with E-state index < -0.39 is 11.8 Å². The molecule has 0 saturated carbocycles. The Balaban J connectivity index is 2.43. The highest BCUT2D eigenvalue weighted by atomic mass is 19.1. The highest BCUT2D eigenvalue weighted by Gasteiger charge is 2.07. The second-order valence-electron chi connectivity index (χ2n) is 4.15. The average Bonchev–Trinajstić information content (AvgIpc) is 2.37. The van der Waals surface area contributed by atoms with Gasteiger partial charge in [-0.1, -0.05) is 18.2 Å². The quantitative estimate of drug-likeness (QED) is 0.918. The molecular formula is C15H13FO3. The molecular weight excluding hydrogens is 247 g/mol. The van der Waals surface area contributed by atoms with E-state index in [4.69, 9.17) is 9.84 Å². The number of ether oxygens (including phenoxy) is 1. The topological polar surface area (TPSA) is 46.5 Å². The van der Waals surface area contributed by atoms with Crippen molar-refractivity contribution >= 4 is 5.97 Å². The van der Waals surface area contributed by atoms with Gasteiger partial charge >= 0.3 is 5.97 Å². The van der Waals surface area contributed by atoms with E-state index in [1.807, 2.05) is 6.07 Å². The Hall–Kier alpha value is -2.36. The Labute approximate surface area is 110 Å². The van der Waals surface area contributed by atoms with Gasteiger partial charge in [-0.25, -0.2) is 4.39 Å². The Morgan fingerprint density at radius 3 is 2.68 bits per heavy atom. The van der Waals surface area contributed by atoms with Crippen LogP contribution in [0.15, 0.2) is 42.5 Å². The molecule has 98 valence electrons. The summed E-state index contributed by atoms with van der Waals surface area (Å²) < 4.78 is 18.6. The smallest absolute Gasteiger partial charge is 0.307 e. The van der Waals surface area contributed by atoms with Crippen LogP contribution in [0.2, 0.25) is 0 Å². The van der Waals surface area contributed by atoms with Crippen LogP contribution in [0.4, 0.5) is 4.39 Å². The molecule has 0 aliphatic carbocycles. The van der Waals surface area contributed by atoms with Crippen molar-refractivity contribution in [3.8, 4) is 16.9 Å². The van der Waals surface area contributed by atoms with Gasteiger partial charge in [0.15, 0.2) is 0 Å². The maximum Gasteiger partial charge on any atom is 0.307 e. The molecule has 0 unspecified atom stereocenters. The van der Waals surface area contributed by atoms with Gasteiger partial charge in [-0.15, -0.1) is 0 Å². The summed E-state index contributed by atoms with van der Waals surface area (Å²) in [7, 11) is 1.56. The van der Waals surface area contributed by atoms with Crippen LogP contribution in [0.1, 0.15) is 5.56 Å². The van der Waals surface area contributed by atoms with Crippen molar-refractivity contribution < 1.29 is 19.0 Å². The van der Waals surface area contributed by atoms with Crippen molar-refractivity contribution in [2.45, 2.75) is 6.42 Å². The number of carboxylic acid groups (broad SMARTS) is 1. The standard InChI is InChI=1S/C15H13FO3/c1-19-14-4-2-3-11(9-14)12-5-10(7-15(17)18)6-13(16)8-12/h2-6,8-9H,7H2,1H3,(H,17,18). The van der Waals surface area contributed by atoms with Crippen LogP contribution in [0.5, 0.6) is 5.75 Å². The summed E-state index contributed by atoms with van der Waals surface area (Å²) in [4.78, 5) is 10.7. The minimum absolute atomic E-state index is 0.200. The molecule has 0 aromatic heterocycles. The number of hydrogen-bond donors (Lipinski definition) is 1. The molecule has 0 atom stereocenters. The van der Waals surface area contributed by atoms with Gasteiger partial charge in [0.1, 0.15) is 11.6 Å². The van der Waals surface area contributed by atoms with E-state index in [0.29, 0.717) is 16.9 Å². The first-order valence-electron chi connectivity index (χ1n) is 5.74. The Morgan fingerprint density at radius 1 is 1.21 bits per heavy atom. The van der Waals surface area contributed by atoms with Crippen LogP contribution >= 0.6 is 0 Å². The van der Waals surface area contributed by atoms with Crippen molar-refractivity contribution in [2.75, 3.05) is 7.11 Å². The number of rotatable bonds is 4. The third-order valence-electron chi connectivity index (χ3n) is 2.72. The van der Waals surface area contributed by atoms with E-state index in [1.165, 1.54) is 12.1 Å². The molecule has 0 aliphatic heterocycles. The number of hydrogen-bond acceptors (Lipinski definition) is 2. The lowest BCUT2D eigenvalue weighted by atomic mass is 10.0. The Morgan fingerprint density at radius 2 is 2.00 bits per heavy atom. The molecule has 1 N–H and O–H groups in total. The molecule has 0 heterocycles. The monoisotopic (exact) mass is 260 g/mol. The zero-order chi connectivity index (χ0) is 13.8. The van der Waals surface area contributed by atoms with Crippen LogP contribution < -0.4 is 4.74 Å². The van der Waals surface area contributed by atoms with Crippen molar-refractivity contribution in [1.29, 1.82) is 0 Å². The van der Waals surface area contributed by atoms with Crippen molar-refractivity contribution in [3.05, 3.63) is 53.8 Å². The molecule has 0 spiro atoms. The van der Waals surface area contributed by atoms with Crippen LogP contribution in [0.25, 0.3) is 11.1 Å². The zero-order valence-corrected chi connectivity index (χ0v) is 10.4. The van der Waals surface area contributed by atoms with Crippen LogP contribution in [-0.2, 0) is 11.2 Å². The van der Waals surface area contributed by atoms with Crippen LogP contribution in [0.3, 0.4) is 0 Å². The van der Waals surface area contributed by atoms with E-state index in [0.717, 1.165) is 5.56 Å². The summed E-state index contributed by atoms with van der Waals surface area (Å²) in [6, 6.07) is 11.5. The maximum atomic E-state index is 13.5. The first kappa shape index (κ1) is 13.1. The van der Waals surface area contributed by atoms with Gasteiger partial charge in [-0.05, 0) is 41.0 Å². The third kappa shape index (κ3) is 3.31. The number of aliphatic carboxylic acids is 1. The summed E-state index contributed by atoms with van der Waals surface area (Å²) in [5, 5.41) is 8.76. The lowest BCUT2D eigenvalue weighted by Gasteiger charge is -2.07. The zero-order valence-electron chi connectivity index (χ0n) is 10.4. The van der Waals surface area contributed by atoms with Crippen LogP contribution in [-0.4, -0.2) is 18.2 Å². The minimum atomic E-state index is -0.984. The number of halogens is 1. The Kier molecular flexibility index (Phi) is 3.80. The van der Waals surface area contributed by atoms with Crippen molar-refractivity contribution in [1.82, 2.24) is 0 Å². The fourth-order valence-electron chi connectivity index (χ4n) is 1.90. The van der Waals surface area contributed by atoms with Crippen molar-refractivity contribution in [2.24, 2.45) is 0 Å².